The van der Waals surface area contributed by atoms with Gasteiger partial charge in [0.05, 0.1) is 13.7 Å². The van der Waals surface area contributed by atoms with Crippen molar-refractivity contribution in [3.63, 3.8) is 0 Å². The smallest absolute Gasteiger partial charge is 0.250 e. The number of nitrogens with zero attached hydrogens (tertiary/aromatic N) is 2. The molecular formula is C15H18ClFN2O2. The maximum atomic E-state index is 13.0. The fourth-order valence-corrected chi connectivity index (χ4v) is 1.72. The lowest BCUT2D eigenvalue weighted by molar-refractivity contribution is 0.306. The van der Waals surface area contributed by atoms with Crippen molar-refractivity contribution in [1.82, 2.24) is 9.97 Å². The second kappa shape index (κ2) is 8.42. The molecule has 0 bridgehead atoms. The number of rotatable bonds is 3. The molecule has 0 amide bonds. The monoisotopic (exact) mass is 312 g/mol. The lowest BCUT2D eigenvalue weighted by Gasteiger charge is -2.03. The van der Waals surface area contributed by atoms with E-state index in [0.717, 1.165) is 5.56 Å². The number of halogens is 2. The molecule has 0 saturated carbocycles. The summed E-state index contributed by atoms with van der Waals surface area (Å²) >= 11 is 5.74. The summed E-state index contributed by atoms with van der Waals surface area (Å²) in [4.78, 5) is 7.67. The normalized spacial score (nSPS) is 9.62. The fourth-order valence-electron chi connectivity index (χ4n) is 1.42. The van der Waals surface area contributed by atoms with Gasteiger partial charge in [0.2, 0.25) is 5.88 Å². The first kappa shape index (κ1) is 17.2. The van der Waals surface area contributed by atoms with Crippen LogP contribution in [-0.2, 0) is 0 Å². The van der Waals surface area contributed by atoms with Gasteiger partial charge in [-0.3, -0.25) is 0 Å². The van der Waals surface area contributed by atoms with Crippen LogP contribution in [-0.4, -0.2) is 23.7 Å². The predicted molar refractivity (Wildman–Crippen MR) is 80.6 cm³/mol. The van der Waals surface area contributed by atoms with Crippen LogP contribution < -0.4 is 9.47 Å². The third-order valence-corrected chi connectivity index (χ3v) is 2.74. The van der Waals surface area contributed by atoms with Gasteiger partial charge in [-0.15, -0.1) is 0 Å². The average molecular weight is 313 g/mol. The van der Waals surface area contributed by atoms with Crippen LogP contribution in [0.1, 0.15) is 18.1 Å². The number of aromatic nitrogens is 2. The molecule has 0 aliphatic heterocycles. The zero-order chi connectivity index (χ0) is 15.8. The Bertz CT molecular complexity index is 594. The van der Waals surface area contributed by atoms with E-state index in [2.05, 4.69) is 9.97 Å². The summed E-state index contributed by atoms with van der Waals surface area (Å²) in [7, 11) is 1.55. The van der Waals surface area contributed by atoms with Crippen molar-refractivity contribution in [2.24, 2.45) is 0 Å². The predicted octanol–water partition coefficient (Wildman–Crippen LogP) is 3.98. The molecule has 21 heavy (non-hydrogen) atoms. The van der Waals surface area contributed by atoms with Gasteiger partial charge in [0.15, 0.2) is 5.82 Å². The minimum absolute atomic E-state index is 0.0903. The van der Waals surface area contributed by atoms with Gasteiger partial charge in [-0.1, -0.05) is 11.6 Å². The van der Waals surface area contributed by atoms with Crippen LogP contribution in [0.5, 0.6) is 11.8 Å². The average Bonchev–Trinajstić information content (AvgIpc) is 2.45. The quantitative estimate of drug-likeness (QED) is 0.860. The summed E-state index contributed by atoms with van der Waals surface area (Å²) in [5.74, 6) is 0.203. The number of methoxy groups -OCH3 is 1. The molecule has 2 rings (SSSR count). The number of ether oxygens (including phenoxy) is 2. The summed E-state index contributed by atoms with van der Waals surface area (Å²) in [6, 6.07) is 3.42. The minimum atomic E-state index is -0.366. The Morgan fingerprint density at radius 3 is 2.52 bits per heavy atom. The van der Waals surface area contributed by atoms with E-state index in [9.17, 15) is 4.39 Å². The molecule has 6 heteroatoms. The van der Waals surface area contributed by atoms with Crippen molar-refractivity contribution < 1.29 is 13.9 Å². The van der Waals surface area contributed by atoms with E-state index in [1.54, 1.807) is 33.2 Å². The zero-order valence-electron chi connectivity index (χ0n) is 12.5. The summed E-state index contributed by atoms with van der Waals surface area (Å²) < 4.78 is 22.8. The van der Waals surface area contributed by atoms with Crippen molar-refractivity contribution in [3.05, 3.63) is 46.5 Å². The summed E-state index contributed by atoms with van der Waals surface area (Å²) in [5.41, 5.74) is 1.59. The maximum absolute atomic E-state index is 13.0. The van der Waals surface area contributed by atoms with Gasteiger partial charge >= 0.3 is 0 Å². The molecule has 0 N–H and O–H groups in total. The Morgan fingerprint density at radius 1 is 1.24 bits per heavy atom. The van der Waals surface area contributed by atoms with Gasteiger partial charge in [-0.2, -0.15) is 0 Å². The second-order valence-electron chi connectivity index (χ2n) is 4.18. The first-order valence-electron chi connectivity index (χ1n) is 6.39. The summed E-state index contributed by atoms with van der Waals surface area (Å²) in [5, 5.41) is 0.558. The van der Waals surface area contributed by atoms with Gasteiger partial charge in [-0.05, 0) is 44.0 Å². The topological polar surface area (TPSA) is 44.2 Å². The fraction of sp³-hybridized carbons (Fsp3) is 0.333. The highest BCUT2D eigenvalue weighted by Gasteiger charge is 2.05. The molecule has 2 heterocycles. The Morgan fingerprint density at radius 2 is 1.95 bits per heavy atom. The molecule has 0 atom stereocenters. The van der Waals surface area contributed by atoms with E-state index in [-0.39, 0.29) is 11.7 Å². The Kier molecular flexibility index (Phi) is 6.88. The van der Waals surface area contributed by atoms with E-state index < -0.39 is 0 Å². The van der Waals surface area contributed by atoms with Gasteiger partial charge in [0, 0.05) is 12.4 Å². The highest BCUT2D eigenvalue weighted by molar-refractivity contribution is 6.31. The Hall–Kier alpha value is -1.88. The van der Waals surface area contributed by atoms with Crippen LogP contribution in [0.2, 0.25) is 5.02 Å². The molecule has 0 unspecified atom stereocenters. The molecule has 114 valence electrons. The molecule has 0 aromatic carbocycles. The summed E-state index contributed by atoms with van der Waals surface area (Å²) in [6.45, 7) is 5.84. The molecule has 0 spiro atoms. The van der Waals surface area contributed by atoms with Crippen LogP contribution in [0.4, 0.5) is 4.39 Å². The van der Waals surface area contributed by atoms with Crippen LogP contribution in [0, 0.1) is 19.7 Å². The third kappa shape index (κ3) is 5.19. The lowest BCUT2D eigenvalue weighted by Crippen LogP contribution is -1.98. The SMILES string of the molecule is CCOc1nccc(C)c1F.COc1ncc(C)cc1Cl. The van der Waals surface area contributed by atoms with Crippen LogP contribution >= 0.6 is 11.6 Å². The van der Waals surface area contributed by atoms with Gasteiger partial charge in [-0.25, -0.2) is 14.4 Å². The number of pyridine rings is 2. The van der Waals surface area contributed by atoms with E-state index in [1.807, 2.05) is 13.0 Å². The first-order chi connectivity index (χ1) is 9.99. The molecule has 2 aromatic rings. The molecule has 0 fully saturated rings. The molecular weight excluding hydrogens is 295 g/mol. The Balaban J connectivity index is 0.000000211. The largest absolute Gasteiger partial charge is 0.480 e. The first-order valence-corrected chi connectivity index (χ1v) is 6.77. The van der Waals surface area contributed by atoms with E-state index >= 15 is 0 Å². The highest BCUT2D eigenvalue weighted by atomic mass is 35.5. The van der Waals surface area contributed by atoms with Gasteiger partial charge < -0.3 is 9.47 Å². The van der Waals surface area contributed by atoms with Crippen molar-refractivity contribution in [3.8, 4) is 11.8 Å². The van der Waals surface area contributed by atoms with E-state index in [0.29, 0.717) is 23.1 Å². The van der Waals surface area contributed by atoms with Crippen LogP contribution in [0.3, 0.4) is 0 Å². The third-order valence-electron chi connectivity index (χ3n) is 2.47. The zero-order valence-corrected chi connectivity index (χ0v) is 13.2. The van der Waals surface area contributed by atoms with Crippen LogP contribution in [0.25, 0.3) is 0 Å². The molecule has 0 aliphatic rings. The van der Waals surface area contributed by atoms with Gasteiger partial charge in [0.1, 0.15) is 5.02 Å². The molecule has 4 nitrogen and oxygen atoms in total. The number of aryl methyl sites for hydroxylation is 2. The molecule has 0 radical (unpaired) electrons. The summed E-state index contributed by atoms with van der Waals surface area (Å²) in [6.07, 6.45) is 3.24. The Labute approximate surface area is 128 Å². The van der Waals surface area contributed by atoms with E-state index in [4.69, 9.17) is 21.1 Å². The highest BCUT2D eigenvalue weighted by Crippen LogP contribution is 2.20. The number of hydrogen-bond donors (Lipinski definition) is 0. The molecule has 0 saturated heterocycles. The maximum Gasteiger partial charge on any atom is 0.250 e. The molecule has 0 aliphatic carbocycles. The van der Waals surface area contributed by atoms with Crippen molar-refractivity contribution in [2.75, 3.05) is 13.7 Å². The standard InChI is InChI=1S/C8H10FNO.C7H8ClNO/c1-3-11-8-7(9)6(2)4-5-10-8;1-5-3-6(8)7(10-2)9-4-5/h4-5H,3H2,1-2H3;3-4H,1-2H3. The van der Waals surface area contributed by atoms with Crippen molar-refractivity contribution in [2.45, 2.75) is 20.8 Å². The second-order valence-corrected chi connectivity index (χ2v) is 4.59. The van der Waals surface area contributed by atoms with Gasteiger partial charge in [0.25, 0.3) is 5.88 Å². The minimum Gasteiger partial charge on any atom is -0.480 e. The number of hydrogen-bond acceptors (Lipinski definition) is 4. The lowest BCUT2D eigenvalue weighted by atomic mass is 10.3. The molecule has 2 aromatic heterocycles. The van der Waals surface area contributed by atoms with E-state index in [1.165, 1.54) is 6.20 Å². The van der Waals surface area contributed by atoms with Crippen molar-refractivity contribution in [1.29, 1.82) is 0 Å². The van der Waals surface area contributed by atoms with Crippen molar-refractivity contribution >= 4 is 11.6 Å². The van der Waals surface area contributed by atoms with Crippen LogP contribution in [0.15, 0.2) is 24.5 Å².